The standard InChI is InChI=1S/C16H15F3N2O2/c1-10(23)21-16(15(18)19,12-3-5-13(17)6-4-12)14-7-2-11(9-22)8-20-14/h2-8,15,22H,9H2,1H3,(H,21,23). The van der Waals surface area contributed by atoms with Gasteiger partial charge in [-0.05, 0) is 29.3 Å². The van der Waals surface area contributed by atoms with Crippen molar-refractivity contribution in [3.63, 3.8) is 0 Å². The molecule has 2 N–H and O–H groups in total. The van der Waals surface area contributed by atoms with Crippen molar-refractivity contribution in [1.29, 1.82) is 0 Å². The van der Waals surface area contributed by atoms with Gasteiger partial charge in [-0.15, -0.1) is 0 Å². The van der Waals surface area contributed by atoms with Gasteiger partial charge in [0.2, 0.25) is 5.91 Å². The Morgan fingerprint density at radius 2 is 1.91 bits per heavy atom. The molecular weight excluding hydrogens is 309 g/mol. The summed E-state index contributed by atoms with van der Waals surface area (Å²) in [4.78, 5) is 15.5. The molecule has 122 valence electrons. The normalized spacial score (nSPS) is 13.7. The molecule has 1 aromatic carbocycles. The summed E-state index contributed by atoms with van der Waals surface area (Å²) in [5.41, 5.74) is -1.85. The van der Waals surface area contributed by atoms with Crippen LogP contribution in [0, 0.1) is 5.82 Å². The number of carbonyl (C=O) groups excluding carboxylic acids is 1. The first-order chi connectivity index (χ1) is 10.9. The summed E-state index contributed by atoms with van der Waals surface area (Å²) >= 11 is 0. The third-order valence-electron chi connectivity index (χ3n) is 3.41. The van der Waals surface area contributed by atoms with Crippen LogP contribution < -0.4 is 5.32 Å². The van der Waals surface area contributed by atoms with Gasteiger partial charge >= 0.3 is 0 Å². The van der Waals surface area contributed by atoms with Gasteiger partial charge in [0.25, 0.3) is 6.43 Å². The van der Waals surface area contributed by atoms with Crippen molar-refractivity contribution in [2.24, 2.45) is 0 Å². The molecule has 1 atom stereocenters. The van der Waals surface area contributed by atoms with Crippen LogP contribution in [0.15, 0.2) is 42.6 Å². The lowest BCUT2D eigenvalue weighted by atomic mass is 9.86. The molecule has 1 unspecified atom stereocenters. The van der Waals surface area contributed by atoms with Crippen LogP contribution in [0.2, 0.25) is 0 Å². The molecule has 7 heteroatoms. The van der Waals surface area contributed by atoms with Gasteiger partial charge in [-0.2, -0.15) is 0 Å². The fourth-order valence-electron chi connectivity index (χ4n) is 2.32. The molecule has 0 bridgehead atoms. The van der Waals surface area contributed by atoms with Crippen molar-refractivity contribution < 1.29 is 23.1 Å². The SMILES string of the molecule is CC(=O)NC(c1ccc(F)cc1)(c1ccc(CO)cn1)C(F)F. The third kappa shape index (κ3) is 3.34. The Morgan fingerprint density at radius 3 is 2.35 bits per heavy atom. The summed E-state index contributed by atoms with van der Waals surface area (Å²) in [6, 6.07) is 7.17. The predicted molar refractivity (Wildman–Crippen MR) is 77.2 cm³/mol. The maximum atomic E-state index is 14.0. The number of hydrogen-bond donors (Lipinski definition) is 2. The molecule has 0 aliphatic carbocycles. The molecule has 0 radical (unpaired) electrons. The minimum Gasteiger partial charge on any atom is -0.392 e. The van der Waals surface area contributed by atoms with Gasteiger partial charge in [-0.25, -0.2) is 13.2 Å². The molecule has 0 aliphatic rings. The van der Waals surface area contributed by atoms with E-state index in [4.69, 9.17) is 5.11 Å². The number of alkyl halides is 2. The number of nitrogens with zero attached hydrogens (tertiary/aromatic N) is 1. The Kier molecular flexibility index (Phi) is 5.00. The number of amides is 1. The molecule has 1 aromatic heterocycles. The fraction of sp³-hybridized carbons (Fsp3) is 0.250. The molecule has 0 spiro atoms. The van der Waals surface area contributed by atoms with Crippen LogP contribution >= 0.6 is 0 Å². The first-order valence-electron chi connectivity index (χ1n) is 6.79. The van der Waals surface area contributed by atoms with Crippen LogP contribution in [0.1, 0.15) is 23.7 Å². The lowest BCUT2D eigenvalue weighted by Gasteiger charge is -2.33. The van der Waals surface area contributed by atoms with Crippen molar-refractivity contribution in [2.45, 2.75) is 25.5 Å². The number of rotatable bonds is 5. The number of aliphatic hydroxyl groups excluding tert-OH is 1. The zero-order chi connectivity index (χ0) is 17.0. The molecule has 2 rings (SSSR count). The topological polar surface area (TPSA) is 62.2 Å². The Bertz CT molecular complexity index is 675. The van der Waals surface area contributed by atoms with E-state index >= 15 is 0 Å². The van der Waals surface area contributed by atoms with Gasteiger partial charge in [0.1, 0.15) is 5.82 Å². The highest BCUT2D eigenvalue weighted by molar-refractivity contribution is 5.75. The van der Waals surface area contributed by atoms with Crippen LogP contribution in [0.4, 0.5) is 13.2 Å². The second-order valence-electron chi connectivity index (χ2n) is 5.01. The number of halogens is 3. The minimum atomic E-state index is -3.02. The lowest BCUT2D eigenvalue weighted by Crippen LogP contribution is -2.52. The number of nitrogens with one attached hydrogen (secondary N) is 1. The van der Waals surface area contributed by atoms with Crippen molar-refractivity contribution in [3.8, 4) is 0 Å². The van der Waals surface area contributed by atoms with E-state index in [1.54, 1.807) is 0 Å². The highest BCUT2D eigenvalue weighted by Crippen LogP contribution is 2.35. The molecule has 0 fully saturated rings. The third-order valence-corrected chi connectivity index (χ3v) is 3.41. The largest absolute Gasteiger partial charge is 0.392 e. The first-order valence-corrected chi connectivity index (χ1v) is 6.79. The molecule has 1 heterocycles. The predicted octanol–water partition coefficient (Wildman–Crippen LogP) is 2.36. The molecule has 23 heavy (non-hydrogen) atoms. The Morgan fingerprint density at radius 1 is 1.26 bits per heavy atom. The van der Waals surface area contributed by atoms with Gasteiger partial charge in [0, 0.05) is 13.1 Å². The summed E-state index contributed by atoms with van der Waals surface area (Å²) in [5, 5.41) is 11.3. The molecule has 0 saturated heterocycles. The van der Waals surface area contributed by atoms with Crippen LogP contribution in [-0.2, 0) is 16.9 Å². The van der Waals surface area contributed by atoms with Gasteiger partial charge < -0.3 is 10.4 Å². The Labute approximate surface area is 131 Å². The lowest BCUT2D eigenvalue weighted by molar-refractivity contribution is -0.122. The van der Waals surface area contributed by atoms with Crippen molar-refractivity contribution in [2.75, 3.05) is 0 Å². The van der Waals surface area contributed by atoms with E-state index in [1.807, 2.05) is 0 Å². The number of aliphatic hydroxyl groups is 1. The van der Waals surface area contributed by atoms with Crippen LogP contribution in [-0.4, -0.2) is 22.4 Å². The zero-order valence-corrected chi connectivity index (χ0v) is 12.3. The molecule has 2 aromatic rings. The summed E-state index contributed by atoms with van der Waals surface area (Å²) in [5.74, 6) is -1.26. The fourth-order valence-corrected chi connectivity index (χ4v) is 2.32. The van der Waals surface area contributed by atoms with E-state index in [2.05, 4.69) is 10.3 Å². The molecule has 0 saturated carbocycles. The summed E-state index contributed by atoms with van der Waals surface area (Å²) in [6.45, 7) is 0.828. The van der Waals surface area contributed by atoms with E-state index in [9.17, 15) is 18.0 Å². The number of hydrogen-bond acceptors (Lipinski definition) is 3. The average Bonchev–Trinajstić information content (AvgIpc) is 2.53. The Hall–Kier alpha value is -2.41. The maximum absolute atomic E-state index is 14.0. The second kappa shape index (κ2) is 6.78. The molecule has 1 amide bonds. The number of pyridine rings is 1. The summed E-state index contributed by atoms with van der Waals surface area (Å²) in [6.07, 6.45) is -1.78. The van der Waals surface area contributed by atoms with Crippen LogP contribution in [0.3, 0.4) is 0 Å². The van der Waals surface area contributed by atoms with Gasteiger partial charge in [-0.1, -0.05) is 18.2 Å². The van der Waals surface area contributed by atoms with Gasteiger partial charge in [-0.3, -0.25) is 9.78 Å². The highest BCUT2D eigenvalue weighted by atomic mass is 19.3. The molecule has 0 aliphatic heterocycles. The van der Waals surface area contributed by atoms with E-state index in [0.717, 1.165) is 19.1 Å². The van der Waals surface area contributed by atoms with Gasteiger partial charge in [0.05, 0.1) is 12.3 Å². The van der Waals surface area contributed by atoms with Crippen molar-refractivity contribution in [1.82, 2.24) is 10.3 Å². The van der Waals surface area contributed by atoms with E-state index in [-0.39, 0.29) is 17.9 Å². The maximum Gasteiger partial charge on any atom is 0.271 e. The van der Waals surface area contributed by atoms with Crippen LogP contribution in [0.5, 0.6) is 0 Å². The monoisotopic (exact) mass is 324 g/mol. The smallest absolute Gasteiger partial charge is 0.271 e. The highest BCUT2D eigenvalue weighted by Gasteiger charge is 2.45. The minimum absolute atomic E-state index is 0.00773. The molecular formula is C16H15F3N2O2. The van der Waals surface area contributed by atoms with Gasteiger partial charge in [0.15, 0.2) is 5.54 Å². The average molecular weight is 324 g/mol. The van der Waals surface area contributed by atoms with Crippen molar-refractivity contribution in [3.05, 3.63) is 65.2 Å². The Balaban J connectivity index is 2.65. The summed E-state index contributed by atoms with van der Waals surface area (Å²) < 4.78 is 41.1. The quantitative estimate of drug-likeness (QED) is 0.887. The summed E-state index contributed by atoms with van der Waals surface area (Å²) in [7, 11) is 0. The van der Waals surface area contributed by atoms with Crippen molar-refractivity contribution >= 4 is 5.91 Å². The molecule has 4 nitrogen and oxygen atoms in total. The van der Waals surface area contributed by atoms with E-state index < -0.39 is 23.7 Å². The first kappa shape index (κ1) is 17.0. The number of carbonyl (C=O) groups is 1. The van der Waals surface area contributed by atoms with Crippen LogP contribution in [0.25, 0.3) is 0 Å². The van der Waals surface area contributed by atoms with E-state index in [0.29, 0.717) is 5.56 Å². The second-order valence-corrected chi connectivity index (χ2v) is 5.01. The zero-order valence-electron chi connectivity index (χ0n) is 12.3. The number of benzene rings is 1. The van der Waals surface area contributed by atoms with E-state index in [1.165, 1.54) is 30.5 Å². The number of aromatic nitrogens is 1.